The van der Waals surface area contributed by atoms with E-state index < -0.39 is 10.5 Å². The predicted octanol–water partition coefficient (Wildman–Crippen LogP) is 1.71. The third-order valence-corrected chi connectivity index (χ3v) is 5.18. The number of nitro groups is 1. The van der Waals surface area contributed by atoms with E-state index in [0.717, 1.165) is 48.8 Å². The molecule has 2 aromatic rings. The van der Waals surface area contributed by atoms with Crippen molar-refractivity contribution in [3.63, 3.8) is 0 Å². The van der Waals surface area contributed by atoms with Crippen LogP contribution >= 0.6 is 0 Å². The Labute approximate surface area is 162 Å². The van der Waals surface area contributed by atoms with Crippen LogP contribution in [0.1, 0.15) is 24.5 Å². The number of carbonyl (C=O) groups is 1. The van der Waals surface area contributed by atoms with Gasteiger partial charge in [0.05, 0.1) is 11.1 Å². The SMILES string of the molecule is CCC(CNC(=O)Cn1cc([N+](=O)[O-])ccc1=O)N1CCc2ccccc2C1. The van der Waals surface area contributed by atoms with Gasteiger partial charge >= 0.3 is 0 Å². The standard InChI is InChI=1S/C20H24N4O4/c1-2-17(22-10-9-15-5-3-4-6-16(15)12-22)11-21-19(25)14-23-13-18(24(27)28)7-8-20(23)26/h3-8,13,17H,2,9-12,14H2,1H3,(H,21,25). The van der Waals surface area contributed by atoms with Gasteiger partial charge in [-0.05, 0) is 24.0 Å². The second-order valence-electron chi connectivity index (χ2n) is 6.97. The lowest BCUT2D eigenvalue weighted by molar-refractivity contribution is -0.385. The Hall–Kier alpha value is -3.00. The normalized spacial score (nSPS) is 14.9. The molecule has 1 aromatic heterocycles. The Morgan fingerprint density at radius 1 is 1.25 bits per heavy atom. The number of aromatic nitrogens is 1. The van der Waals surface area contributed by atoms with E-state index in [4.69, 9.17) is 0 Å². The van der Waals surface area contributed by atoms with E-state index in [2.05, 4.69) is 35.3 Å². The van der Waals surface area contributed by atoms with Crippen LogP contribution in [0, 0.1) is 10.1 Å². The minimum Gasteiger partial charge on any atom is -0.353 e. The van der Waals surface area contributed by atoms with Crippen molar-refractivity contribution < 1.29 is 9.72 Å². The van der Waals surface area contributed by atoms with Gasteiger partial charge in [0.15, 0.2) is 0 Å². The molecule has 0 saturated carbocycles. The molecule has 8 nitrogen and oxygen atoms in total. The summed E-state index contributed by atoms with van der Waals surface area (Å²) < 4.78 is 1.06. The fraction of sp³-hybridized carbons (Fsp3) is 0.400. The molecule has 0 saturated heterocycles. The summed E-state index contributed by atoms with van der Waals surface area (Å²) in [5.74, 6) is -0.335. The summed E-state index contributed by atoms with van der Waals surface area (Å²) >= 11 is 0. The largest absolute Gasteiger partial charge is 0.353 e. The third kappa shape index (κ3) is 4.64. The van der Waals surface area contributed by atoms with Crippen LogP contribution in [0.15, 0.2) is 47.4 Å². The number of hydrogen-bond donors (Lipinski definition) is 1. The van der Waals surface area contributed by atoms with E-state index in [1.807, 2.05) is 6.07 Å². The Bertz CT molecular complexity index is 924. The lowest BCUT2D eigenvalue weighted by Crippen LogP contribution is -2.46. The number of rotatable bonds is 7. The van der Waals surface area contributed by atoms with Crippen LogP contribution in [0.2, 0.25) is 0 Å². The summed E-state index contributed by atoms with van der Waals surface area (Å²) in [7, 11) is 0. The van der Waals surface area contributed by atoms with Gasteiger partial charge in [-0.3, -0.25) is 29.2 Å². The molecule has 148 valence electrons. The molecule has 2 heterocycles. The Kier molecular flexibility index (Phi) is 6.20. The van der Waals surface area contributed by atoms with E-state index in [1.54, 1.807) is 0 Å². The maximum atomic E-state index is 12.3. The number of hydrogen-bond acceptors (Lipinski definition) is 5. The fourth-order valence-corrected chi connectivity index (χ4v) is 3.55. The molecule has 3 rings (SSSR count). The average Bonchev–Trinajstić information content (AvgIpc) is 2.69. The summed E-state index contributed by atoms with van der Waals surface area (Å²) in [4.78, 5) is 36.8. The number of carbonyl (C=O) groups excluding carboxylic acids is 1. The second-order valence-corrected chi connectivity index (χ2v) is 6.97. The number of benzene rings is 1. The van der Waals surface area contributed by atoms with Crippen LogP contribution in [0.25, 0.3) is 0 Å². The Morgan fingerprint density at radius 2 is 2.00 bits per heavy atom. The van der Waals surface area contributed by atoms with Crippen molar-refractivity contribution in [2.45, 2.75) is 38.9 Å². The molecule has 1 atom stereocenters. The van der Waals surface area contributed by atoms with Crippen LogP contribution in [0.3, 0.4) is 0 Å². The van der Waals surface area contributed by atoms with E-state index in [1.165, 1.54) is 11.1 Å². The summed E-state index contributed by atoms with van der Waals surface area (Å²) in [5.41, 5.74) is 2.04. The summed E-state index contributed by atoms with van der Waals surface area (Å²) in [6.45, 7) is 4.12. The van der Waals surface area contributed by atoms with Gasteiger partial charge in [0.2, 0.25) is 5.91 Å². The van der Waals surface area contributed by atoms with Crippen molar-refractivity contribution in [3.8, 4) is 0 Å². The smallest absolute Gasteiger partial charge is 0.285 e. The highest BCUT2D eigenvalue weighted by Gasteiger charge is 2.22. The van der Waals surface area contributed by atoms with E-state index in [9.17, 15) is 19.7 Å². The number of pyridine rings is 1. The first kappa shape index (κ1) is 19.8. The number of nitrogens with one attached hydrogen (secondary N) is 1. The van der Waals surface area contributed by atoms with E-state index >= 15 is 0 Å². The zero-order chi connectivity index (χ0) is 20.1. The van der Waals surface area contributed by atoms with Crippen molar-refractivity contribution in [1.82, 2.24) is 14.8 Å². The van der Waals surface area contributed by atoms with Crippen molar-refractivity contribution in [2.75, 3.05) is 13.1 Å². The molecule has 28 heavy (non-hydrogen) atoms. The van der Waals surface area contributed by atoms with Crippen LogP contribution in [-0.4, -0.2) is 39.4 Å². The highest BCUT2D eigenvalue weighted by Crippen LogP contribution is 2.21. The first-order valence-corrected chi connectivity index (χ1v) is 9.40. The summed E-state index contributed by atoms with van der Waals surface area (Å²) in [6, 6.07) is 10.8. The van der Waals surface area contributed by atoms with E-state index in [-0.39, 0.29) is 24.2 Å². The van der Waals surface area contributed by atoms with Crippen molar-refractivity contribution in [2.24, 2.45) is 0 Å². The molecule has 0 aliphatic carbocycles. The van der Waals surface area contributed by atoms with Gasteiger partial charge in [-0.1, -0.05) is 31.2 Å². The van der Waals surface area contributed by atoms with Gasteiger partial charge in [-0.15, -0.1) is 0 Å². The zero-order valence-corrected chi connectivity index (χ0v) is 15.8. The molecule has 0 radical (unpaired) electrons. The predicted molar refractivity (Wildman–Crippen MR) is 105 cm³/mol. The minimum absolute atomic E-state index is 0.194. The molecule has 8 heteroatoms. The molecule has 1 aliphatic rings. The monoisotopic (exact) mass is 384 g/mol. The first-order chi connectivity index (χ1) is 13.5. The van der Waals surface area contributed by atoms with Crippen LogP contribution in [0.4, 0.5) is 5.69 Å². The topological polar surface area (TPSA) is 97.5 Å². The van der Waals surface area contributed by atoms with Crippen LogP contribution < -0.4 is 10.9 Å². The molecular weight excluding hydrogens is 360 g/mol. The molecule has 1 aromatic carbocycles. The van der Waals surface area contributed by atoms with Gasteiger partial charge < -0.3 is 5.32 Å². The van der Waals surface area contributed by atoms with E-state index in [0.29, 0.717) is 6.54 Å². The molecule has 1 N–H and O–H groups in total. The second kappa shape index (κ2) is 8.79. The van der Waals surface area contributed by atoms with Crippen molar-refractivity contribution in [1.29, 1.82) is 0 Å². The number of fused-ring (bicyclic) bond motifs is 1. The van der Waals surface area contributed by atoms with Gasteiger partial charge in [0, 0.05) is 37.8 Å². The molecule has 1 aliphatic heterocycles. The van der Waals surface area contributed by atoms with Crippen molar-refractivity contribution >= 4 is 11.6 Å². The average molecular weight is 384 g/mol. The fourth-order valence-electron chi connectivity index (χ4n) is 3.55. The molecule has 1 unspecified atom stereocenters. The van der Waals surface area contributed by atoms with Crippen molar-refractivity contribution in [3.05, 3.63) is 74.2 Å². The van der Waals surface area contributed by atoms with Gasteiger partial charge in [-0.25, -0.2) is 0 Å². The minimum atomic E-state index is -0.588. The highest BCUT2D eigenvalue weighted by atomic mass is 16.6. The quantitative estimate of drug-likeness (QED) is 0.579. The molecular formula is C20H24N4O4. The molecule has 1 amide bonds. The third-order valence-electron chi connectivity index (χ3n) is 5.18. The van der Waals surface area contributed by atoms with Crippen LogP contribution in [0.5, 0.6) is 0 Å². The zero-order valence-electron chi connectivity index (χ0n) is 15.8. The lowest BCUT2D eigenvalue weighted by atomic mass is 9.98. The summed E-state index contributed by atoms with van der Waals surface area (Å²) in [5, 5.41) is 13.7. The maximum absolute atomic E-state index is 12.3. The summed E-state index contributed by atoms with van der Waals surface area (Å²) in [6.07, 6.45) is 2.98. The number of nitrogens with zero attached hydrogens (tertiary/aromatic N) is 3. The Balaban J connectivity index is 1.58. The lowest BCUT2D eigenvalue weighted by Gasteiger charge is -2.35. The van der Waals surface area contributed by atoms with Crippen LogP contribution in [-0.2, 0) is 24.3 Å². The van der Waals surface area contributed by atoms with Gasteiger partial charge in [0.25, 0.3) is 11.2 Å². The van der Waals surface area contributed by atoms with Gasteiger partial charge in [0.1, 0.15) is 6.54 Å². The molecule has 0 spiro atoms. The maximum Gasteiger partial charge on any atom is 0.285 e. The number of amides is 1. The van der Waals surface area contributed by atoms with Gasteiger partial charge in [-0.2, -0.15) is 0 Å². The molecule has 0 fully saturated rings. The Morgan fingerprint density at radius 3 is 2.71 bits per heavy atom. The first-order valence-electron chi connectivity index (χ1n) is 9.40. The molecule has 0 bridgehead atoms. The highest BCUT2D eigenvalue weighted by molar-refractivity contribution is 5.75.